The number of unbranched alkanes of at least 4 members (excludes halogenated alkanes) is 1. The Morgan fingerprint density at radius 2 is 1.69 bits per heavy atom. The van der Waals surface area contributed by atoms with Crippen molar-refractivity contribution < 1.29 is 4.79 Å². The SMILES string of the molecule is CC(=O)C(CCCCNC(C)C)NC(C)C. The highest BCUT2D eigenvalue weighted by atomic mass is 16.1. The molecule has 1 atom stereocenters. The van der Waals surface area contributed by atoms with Crippen molar-refractivity contribution in [3.05, 3.63) is 0 Å². The van der Waals surface area contributed by atoms with E-state index in [0.29, 0.717) is 12.1 Å². The van der Waals surface area contributed by atoms with Crippen molar-refractivity contribution in [1.82, 2.24) is 10.6 Å². The van der Waals surface area contributed by atoms with Gasteiger partial charge in [-0.3, -0.25) is 4.79 Å². The van der Waals surface area contributed by atoms with Crippen LogP contribution in [0, 0.1) is 0 Å². The van der Waals surface area contributed by atoms with E-state index < -0.39 is 0 Å². The molecule has 0 aromatic rings. The van der Waals surface area contributed by atoms with Gasteiger partial charge < -0.3 is 10.6 Å². The quantitative estimate of drug-likeness (QED) is 0.594. The minimum absolute atomic E-state index is 0.0408. The van der Waals surface area contributed by atoms with E-state index in [1.807, 2.05) is 0 Å². The zero-order chi connectivity index (χ0) is 12.6. The lowest BCUT2D eigenvalue weighted by Gasteiger charge is -2.18. The van der Waals surface area contributed by atoms with Gasteiger partial charge in [0, 0.05) is 12.1 Å². The van der Waals surface area contributed by atoms with Crippen LogP contribution in [0.25, 0.3) is 0 Å². The summed E-state index contributed by atoms with van der Waals surface area (Å²) in [5.41, 5.74) is 0. The Kier molecular flexibility index (Phi) is 8.49. The van der Waals surface area contributed by atoms with Gasteiger partial charge in [-0.05, 0) is 26.3 Å². The maximum atomic E-state index is 11.4. The normalized spacial score (nSPS) is 13.4. The van der Waals surface area contributed by atoms with Crippen LogP contribution in [0.2, 0.25) is 0 Å². The Balaban J connectivity index is 3.64. The lowest BCUT2D eigenvalue weighted by molar-refractivity contribution is -0.119. The Hall–Kier alpha value is -0.410. The van der Waals surface area contributed by atoms with Crippen LogP contribution >= 0.6 is 0 Å². The highest BCUT2D eigenvalue weighted by Crippen LogP contribution is 2.03. The Morgan fingerprint density at radius 1 is 1.06 bits per heavy atom. The van der Waals surface area contributed by atoms with Gasteiger partial charge in [0.25, 0.3) is 0 Å². The topological polar surface area (TPSA) is 41.1 Å². The third-order valence-corrected chi connectivity index (χ3v) is 2.50. The fourth-order valence-corrected chi connectivity index (χ4v) is 1.67. The van der Waals surface area contributed by atoms with Gasteiger partial charge in [-0.1, -0.05) is 34.1 Å². The second-order valence-electron chi connectivity index (χ2n) is 5.09. The number of carbonyl (C=O) groups excluding carboxylic acids is 1. The van der Waals surface area contributed by atoms with Gasteiger partial charge >= 0.3 is 0 Å². The van der Waals surface area contributed by atoms with Crippen LogP contribution in [0.3, 0.4) is 0 Å². The smallest absolute Gasteiger partial charge is 0.146 e. The average molecular weight is 228 g/mol. The molecule has 0 radical (unpaired) electrons. The van der Waals surface area contributed by atoms with Crippen LogP contribution in [-0.2, 0) is 4.79 Å². The van der Waals surface area contributed by atoms with E-state index in [9.17, 15) is 4.79 Å². The predicted octanol–water partition coefficient (Wildman–Crippen LogP) is 2.11. The van der Waals surface area contributed by atoms with Crippen molar-refractivity contribution in [2.75, 3.05) is 6.54 Å². The van der Waals surface area contributed by atoms with Crippen molar-refractivity contribution in [2.45, 2.75) is 72.0 Å². The molecule has 96 valence electrons. The van der Waals surface area contributed by atoms with Crippen molar-refractivity contribution in [2.24, 2.45) is 0 Å². The molecule has 0 aliphatic rings. The van der Waals surface area contributed by atoms with Gasteiger partial charge in [0.1, 0.15) is 5.78 Å². The molecule has 16 heavy (non-hydrogen) atoms. The summed E-state index contributed by atoms with van der Waals surface area (Å²) >= 11 is 0. The summed E-state index contributed by atoms with van der Waals surface area (Å²) in [6, 6.07) is 0.971. The molecule has 0 aromatic heterocycles. The lowest BCUT2D eigenvalue weighted by Crippen LogP contribution is -2.39. The molecule has 0 aliphatic carbocycles. The van der Waals surface area contributed by atoms with Crippen LogP contribution in [0.15, 0.2) is 0 Å². The fraction of sp³-hybridized carbons (Fsp3) is 0.923. The van der Waals surface area contributed by atoms with E-state index in [4.69, 9.17) is 0 Å². The number of nitrogens with one attached hydrogen (secondary N) is 2. The zero-order valence-electron chi connectivity index (χ0n) is 11.5. The molecule has 0 saturated heterocycles. The predicted molar refractivity (Wildman–Crippen MR) is 69.7 cm³/mol. The number of carbonyl (C=O) groups is 1. The van der Waals surface area contributed by atoms with Crippen molar-refractivity contribution >= 4 is 5.78 Å². The summed E-state index contributed by atoms with van der Waals surface area (Å²) in [6.07, 6.45) is 3.19. The van der Waals surface area contributed by atoms with E-state index in [1.165, 1.54) is 0 Å². The molecule has 0 aromatic carbocycles. The first-order valence-corrected chi connectivity index (χ1v) is 6.43. The van der Waals surface area contributed by atoms with Gasteiger partial charge in [0.15, 0.2) is 0 Å². The van der Waals surface area contributed by atoms with Gasteiger partial charge in [-0.15, -0.1) is 0 Å². The maximum absolute atomic E-state index is 11.4. The van der Waals surface area contributed by atoms with E-state index in [1.54, 1.807) is 6.92 Å². The lowest BCUT2D eigenvalue weighted by atomic mass is 10.1. The second kappa shape index (κ2) is 8.71. The summed E-state index contributed by atoms with van der Waals surface area (Å²) in [7, 11) is 0. The third-order valence-electron chi connectivity index (χ3n) is 2.50. The molecular formula is C13H28N2O. The highest BCUT2D eigenvalue weighted by Gasteiger charge is 2.13. The molecule has 0 aliphatic heterocycles. The van der Waals surface area contributed by atoms with E-state index in [2.05, 4.69) is 38.3 Å². The molecule has 0 amide bonds. The first kappa shape index (κ1) is 15.6. The largest absolute Gasteiger partial charge is 0.315 e. The molecule has 0 heterocycles. The van der Waals surface area contributed by atoms with Crippen molar-refractivity contribution in [1.29, 1.82) is 0 Å². The molecular weight excluding hydrogens is 200 g/mol. The first-order valence-electron chi connectivity index (χ1n) is 6.43. The van der Waals surface area contributed by atoms with Gasteiger partial charge in [0.2, 0.25) is 0 Å². The summed E-state index contributed by atoms with van der Waals surface area (Å²) in [4.78, 5) is 11.4. The van der Waals surface area contributed by atoms with Gasteiger partial charge in [-0.2, -0.15) is 0 Å². The molecule has 0 bridgehead atoms. The van der Waals surface area contributed by atoms with Gasteiger partial charge in [-0.25, -0.2) is 0 Å². The zero-order valence-corrected chi connectivity index (χ0v) is 11.5. The van der Waals surface area contributed by atoms with Gasteiger partial charge in [0.05, 0.1) is 6.04 Å². The molecule has 0 saturated carbocycles. The molecule has 1 unspecified atom stereocenters. The van der Waals surface area contributed by atoms with E-state index in [-0.39, 0.29) is 11.8 Å². The van der Waals surface area contributed by atoms with Crippen molar-refractivity contribution in [3.8, 4) is 0 Å². The van der Waals surface area contributed by atoms with Crippen molar-refractivity contribution in [3.63, 3.8) is 0 Å². The number of ketones is 1. The second-order valence-corrected chi connectivity index (χ2v) is 5.09. The summed E-state index contributed by atoms with van der Waals surface area (Å²) < 4.78 is 0. The minimum atomic E-state index is 0.0408. The standard InChI is InChI=1S/C13H28N2O/c1-10(2)14-9-7-6-8-13(12(5)16)15-11(3)4/h10-11,13-15H,6-9H2,1-5H3. The number of rotatable bonds is 9. The van der Waals surface area contributed by atoms with Crippen LogP contribution < -0.4 is 10.6 Å². The monoisotopic (exact) mass is 228 g/mol. The molecule has 2 N–H and O–H groups in total. The number of hydrogen-bond donors (Lipinski definition) is 2. The molecule has 0 rings (SSSR count). The summed E-state index contributed by atoms with van der Waals surface area (Å²) in [5, 5.41) is 6.69. The highest BCUT2D eigenvalue weighted by molar-refractivity contribution is 5.81. The van der Waals surface area contributed by atoms with Crippen LogP contribution in [0.1, 0.15) is 53.9 Å². The number of hydrogen-bond acceptors (Lipinski definition) is 3. The minimum Gasteiger partial charge on any atom is -0.315 e. The van der Waals surface area contributed by atoms with Crippen LogP contribution in [0.4, 0.5) is 0 Å². The van der Waals surface area contributed by atoms with Crippen LogP contribution in [-0.4, -0.2) is 30.5 Å². The molecule has 3 nitrogen and oxygen atoms in total. The first-order chi connectivity index (χ1) is 7.43. The molecule has 0 spiro atoms. The maximum Gasteiger partial charge on any atom is 0.146 e. The number of Topliss-reactive ketones (excluding diaryl/α,β-unsaturated/α-hetero) is 1. The molecule has 0 fully saturated rings. The van der Waals surface area contributed by atoms with E-state index >= 15 is 0 Å². The molecule has 3 heteroatoms. The Bertz CT molecular complexity index is 190. The van der Waals surface area contributed by atoms with Crippen LogP contribution in [0.5, 0.6) is 0 Å². The fourth-order valence-electron chi connectivity index (χ4n) is 1.67. The third kappa shape index (κ3) is 8.86. The summed E-state index contributed by atoms with van der Waals surface area (Å²) in [6.45, 7) is 11.2. The van der Waals surface area contributed by atoms with E-state index in [0.717, 1.165) is 25.8 Å². The Morgan fingerprint density at radius 3 is 2.12 bits per heavy atom. The summed E-state index contributed by atoms with van der Waals surface area (Å²) in [5.74, 6) is 0.255. The average Bonchev–Trinajstić information content (AvgIpc) is 2.14. The Labute approximate surface area is 100 Å².